The molecule has 0 aromatic carbocycles. The van der Waals surface area contributed by atoms with Crippen molar-refractivity contribution in [2.75, 3.05) is 13.2 Å². The van der Waals surface area contributed by atoms with E-state index in [-0.39, 0.29) is 0 Å². The Bertz CT molecular complexity index is 123. The van der Waals surface area contributed by atoms with Gasteiger partial charge in [-0.1, -0.05) is 27.7 Å². The molecule has 1 heteroatoms. The molecule has 1 nitrogen and oxygen atoms in total. The Balaban J connectivity index is 2.37. The van der Waals surface area contributed by atoms with E-state index < -0.39 is 0 Å². The molecule has 11 heavy (non-hydrogen) atoms. The third kappa shape index (κ3) is 2.82. The Labute approximate surface area is 70.1 Å². The van der Waals surface area contributed by atoms with Crippen LogP contribution in [-0.2, 0) is 4.74 Å². The maximum Gasteiger partial charge on any atom is 0.0498 e. The molecule has 2 unspecified atom stereocenters. The number of hydrogen-bond donors (Lipinski definition) is 0. The summed E-state index contributed by atoms with van der Waals surface area (Å²) >= 11 is 0. The largest absolute Gasteiger partial charge is 0.381 e. The van der Waals surface area contributed by atoms with Crippen molar-refractivity contribution in [1.82, 2.24) is 0 Å². The van der Waals surface area contributed by atoms with Crippen LogP contribution in [0, 0.1) is 17.3 Å². The molecule has 0 aliphatic carbocycles. The summed E-state index contributed by atoms with van der Waals surface area (Å²) in [7, 11) is 0. The van der Waals surface area contributed by atoms with Crippen molar-refractivity contribution in [2.24, 2.45) is 17.3 Å². The minimum Gasteiger partial charge on any atom is -0.381 e. The summed E-state index contributed by atoms with van der Waals surface area (Å²) in [4.78, 5) is 0. The van der Waals surface area contributed by atoms with Crippen LogP contribution in [0.4, 0.5) is 0 Å². The van der Waals surface area contributed by atoms with Gasteiger partial charge < -0.3 is 4.74 Å². The first-order valence-corrected chi connectivity index (χ1v) is 4.57. The van der Waals surface area contributed by atoms with Gasteiger partial charge in [-0.25, -0.2) is 0 Å². The van der Waals surface area contributed by atoms with Crippen molar-refractivity contribution >= 4 is 0 Å². The molecule has 1 heterocycles. The highest BCUT2D eigenvalue weighted by Gasteiger charge is 2.28. The molecule has 0 spiro atoms. The van der Waals surface area contributed by atoms with Crippen LogP contribution in [0.1, 0.15) is 34.1 Å². The van der Waals surface area contributed by atoms with Crippen LogP contribution in [0.15, 0.2) is 0 Å². The lowest BCUT2D eigenvalue weighted by molar-refractivity contribution is 0.172. The Kier molecular flexibility index (Phi) is 2.58. The molecule has 66 valence electrons. The molecule has 0 aromatic heterocycles. The second-order valence-electron chi connectivity index (χ2n) is 5.04. The number of ether oxygens (including phenoxy) is 1. The van der Waals surface area contributed by atoms with Gasteiger partial charge in [-0.2, -0.15) is 0 Å². The van der Waals surface area contributed by atoms with Gasteiger partial charge in [0.15, 0.2) is 0 Å². The Hall–Kier alpha value is -0.0400. The molecule has 1 aliphatic heterocycles. The lowest BCUT2D eigenvalue weighted by Crippen LogP contribution is -2.17. The molecule has 0 aromatic rings. The lowest BCUT2D eigenvalue weighted by Gasteiger charge is -2.24. The Morgan fingerprint density at radius 2 is 1.91 bits per heavy atom. The van der Waals surface area contributed by atoms with Crippen LogP contribution in [0.25, 0.3) is 0 Å². The van der Waals surface area contributed by atoms with Crippen molar-refractivity contribution in [2.45, 2.75) is 34.1 Å². The van der Waals surface area contributed by atoms with E-state index in [1.165, 1.54) is 6.42 Å². The van der Waals surface area contributed by atoms with Crippen LogP contribution in [0.5, 0.6) is 0 Å². The fourth-order valence-corrected chi connectivity index (χ4v) is 1.75. The van der Waals surface area contributed by atoms with Gasteiger partial charge in [-0.3, -0.25) is 0 Å². The molecule has 2 atom stereocenters. The van der Waals surface area contributed by atoms with E-state index in [0.717, 1.165) is 25.0 Å². The minimum atomic E-state index is 0.465. The summed E-state index contributed by atoms with van der Waals surface area (Å²) in [6.45, 7) is 11.2. The minimum absolute atomic E-state index is 0.465. The summed E-state index contributed by atoms with van der Waals surface area (Å²) in [5, 5.41) is 0. The smallest absolute Gasteiger partial charge is 0.0498 e. The molecular formula is C10H20O. The monoisotopic (exact) mass is 156 g/mol. The first-order valence-electron chi connectivity index (χ1n) is 4.57. The van der Waals surface area contributed by atoms with Crippen molar-refractivity contribution in [3.8, 4) is 0 Å². The summed E-state index contributed by atoms with van der Waals surface area (Å²) in [6, 6.07) is 0. The second-order valence-corrected chi connectivity index (χ2v) is 5.04. The van der Waals surface area contributed by atoms with Crippen LogP contribution < -0.4 is 0 Å². The van der Waals surface area contributed by atoms with Crippen molar-refractivity contribution < 1.29 is 4.74 Å². The van der Waals surface area contributed by atoms with Gasteiger partial charge in [0.2, 0.25) is 0 Å². The highest BCUT2D eigenvalue weighted by Crippen LogP contribution is 2.32. The van der Waals surface area contributed by atoms with E-state index in [4.69, 9.17) is 4.74 Å². The molecule has 0 amide bonds. The van der Waals surface area contributed by atoms with E-state index in [2.05, 4.69) is 27.7 Å². The van der Waals surface area contributed by atoms with Crippen LogP contribution >= 0.6 is 0 Å². The predicted molar refractivity (Wildman–Crippen MR) is 47.5 cm³/mol. The molecule has 1 aliphatic rings. The molecule has 0 N–H and O–H groups in total. The lowest BCUT2D eigenvalue weighted by atomic mass is 9.81. The highest BCUT2D eigenvalue weighted by molar-refractivity contribution is 4.76. The predicted octanol–water partition coefficient (Wildman–Crippen LogP) is 2.71. The molecule has 0 radical (unpaired) electrons. The van der Waals surface area contributed by atoms with Crippen molar-refractivity contribution in [1.29, 1.82) is 0 Å². The molecule has 1 fully saturated rings. The molecular weight excluding hydrogens is 136 g/mol. The molecule has 0 saturated carbocycles. The van der Waals surface area contributed by atoms with E-state index in [1.54, 1.807) is 0 Å². The van der Waals surface area contributed by atoms with Crippen molar-refractivity contribution in [3.63, 3.8) is 0 Å². The Morgan fingerprint density at radius 3 is 2.27 bits per heavy atom. The standard InChI is InChI=1S/C10H20O/c1-8-6-11-7-9(8)5-10(2,3)4/h8-9H,5-7H2,1-4H3. The summed E-state index contributed by atoms with van der Waals surface area (Å²) in [5.41, 5.74) is 0.465. The molecule has 1 saturated heterocycles. The van der Waals surface area contributed by atoms with Gasteiger partial charge in [-0.15, -0.1) is 0 Å². The van der Waals surface area contributed by atoms with Gasteiger partial charge >= 0.3 is 0 Å². The third-order valence-electron chi connectivity index (χ3n) is 2.39. The number of rotatable bonds is 1. The van der Waals surface area contributed by atoms with Crippen LogP contribution in [0.3, 0.4) is 0 Å². The van der Waals surface area contributed by atoms with Crippen LogP contribution in [0.2, 0.25) is 0 Å². The normalized spacial score (nSPS) is 32.7. The van der Waals surface area contributed by atoms with Gasteiger partial charge in [0.25, 0.3) is 0 Å². The maximum atomic E-state index is 5.42. The van der Waals surface area contributed by atoms with Gasteiger partial charge in [0.05, 0.1) is 0 Å². The fourth-order valence-electron chi connectivity index (χ4n) is 1.75. The zero-order valence-electron chi connectivity index (χ0n) is 8.18. The Morgan fingerprint density at radius 1 is 1.27 bits per heavy atom. The average molecular weight is 156 g/mol. The van der Waals surface area contributed by atoms with E-state index in [9.17, 15) is 0 Å². The van der Waals surface area contributed by atoms with E-state index >= 15 is 0 Å². The van der Waals surface area contributed by atoms with E-state index in [0.29, 0.717) is 5.41 Å². The van der Waals surface area contributed by atoms with E-state index in [1.807, 2.05) is 0 Å². The highest BCUT2D eigenvalue weighted by atomic mass is 16.5. The SMILES string of the molecule is CC1COCC1CC(C)(C)C. The topological polar surface area (TPSA) is 9.23 Å². The first-order chi connectivity index (χ1) is 4.99. The van der Waals surface area contributed by atoms with Gasteiger partial charge in [0.1, 0.15) is 0 Å². The maximum absolute atomic E-state index is 5.42. The number of hydrogen-bond acceptors (Lipinski definition) is 1. The van der Waals surface area contributed by atoms with Gasteiger partial charge in [0, 0.05) is 13.2 Å². The summed E-state index contributed by atoms with van der Waals surface area (Å²) < 4.78 is 5.42. The fraction of sp³-hybridized carbons (Fsp3) is 1.00. The summed E-state index contributed by atoms with van der Waals surface area (Å²) in [6.07, 6.45) is 1.30. The van der Waals surface area contributed by atoms with Crippen LogP contribution in [-0.4, -0.2) is 13.2 Å². The third-order valence-corrected chi connectivity index (χ3v) is 2.39. The molecule has 0 bridgehead atoms. The van der Waals surface area contributed by atoms with Crippen molar-refractivity contribution in [3.05, 3.63) is 0 Å². The molecule has 1 rings (SSSR count). The van der Waals surface area contributed by atoms with Gasteiger partial charge in [-0.05, 0) is 23.7 Å². The quantitative estimate of drug-likeness (QED) is 0.567. The zero-order valence-corrected chi connectivity index (χ0v) is 8.18. The second kappa shape index (κ2) is 3.14. The average Bonchev–Trinajstić information content (AvgIpc) is 2.12. The first kappa shape index (κ1) is 9.05. The summed E-state index contributed by atoms with van der Waals surface area (Å²) in [5.74, 6) is 1.57. The zero-order chi connectivity index (χ0) is 8.48.